The highest BCUT2D eigenvalue weighted by molar-refractivity contribution is 5.82. The van der Waals surface area contributed by atoms with E-state index >= 15 is 0 Å². The maximum atomic E-state index is 4.55. The van der Waals surface area contributed by atoms with Gasteiger partial charge < -0.3 is 5.43 Å². The molecule has 122 valence electrons. The Morgan fingerprint density at radius 3 is 2.48 bits per heavy atom. The van der Waals surface area contributed by atoms with Crippen LogP contribution in [0, 0.1) is 0 Å². The zero-order valence-electron chi connectivity index (χ0n) is 14.6. The van der Waals surface area contributed by atoms with Crippen LogP contribution >= 0.6 is 0 Å². The molecule has 0 aromatic heterocycles. The number of nitrogens with zero attached hydrogens (tertiary/aromatic N) is 1. The molecule has 1 aromatic rings. The van der Waals surface area contributed by atoms with Gasteiger partial charge in [0, 0.05) is 12.0 Å². The van der Waals surface area contributed by atoms with Crippen molar-refractivity contribution in [3.63, 3.8) is 0 Å². The van der Waals surface area contributed by atoms with Gasteiger partial charge in [0.05, 0.1) is 6.21 Å². The van der Waals surface area contributed by atoms with Gasteiger partial charge in [0.1, 0.15) is 0 Å². The molecule has 0 heterocycles. The SMILES string of the molecule is CC1=CC(c2ccccc2C=NNC2CCCCC2)C(C)=C1C. The summed E-state index contributed by atoms with van der Waals surface area (Å²) in [5.74, 6) is 0.396. The van der Waals surface area contributed by atoms with E-state index in [9.17, 15) is 0 Å². The van der Waals surface area contributed by atoms with Crippen LogP contribution in [0.2, 0.25) is 0 Å². The molecule has 3 rings (SSSR count). The molecule has 0 radical (unpaired) electrons. The van der Waals surface area contributed by atoms with Crippen molar-refractivity contribution < 1.29 is 0 Å². The fourth-order valence-electron chi connectivity index (χ4n) is 3.72. The monoisotopic (exact) mass is 308 g/mol. The first-order valence-electron chi connectivity index (χ1n) is 8.90. The zero-order valence-corrected chi connectivity index (χ0v) is 14.6. The van der Waals surface area contributed by atoms with Crippen LogP contribution in [0.15, 0.2) is 52.2 Å². The van der Waals surface area contributed by atoms with Crippen LogP contribution < -0.4 is 5.43 Å². The molecule has 1 unspecified atom stereocenters. The van der Waals surface area contributed by atoms with E-state index in [1.165, 1.54) is 60.0 Å². The molecule has 1 atom stereocenters. The van der Waals surface area contributed by atoms with Gasteiger partial charge >= 0.3 is 0 Å². The normalized spacial score (nSPS) is 22.7. The summed E-state index contributed by atoms with van der Waals surface area (Å²) in [6.45, 7) is 6.68. The van der Waals surface area contributed by atoms with Crippen molar-refractivity contribution >= 4 is 6.21 Å². The van der Waals surface area contributed by atoms with Gasteiger partial charge in [-0.3, -0.25) is 0 Å². The lowest BCUT2D eigenvalue weighted by Gasteiger charge is -2.21. The molecular weight excluding hydrogens is 280 g/mol. The Balaban J connectivity index is 1.76. The van der Waals surface area contributed by atoms with Crippen LogP contribution in [0.3, 0.4) is 0 Å². The minimum atomic E-state index is 0.396. The number of benzene rings is 1. The van der Waals surface area contributed by atoms with E-state index in [0.29, 0.717) is 12.0 Å². The molecule has 1 fully saturated rings. The Kier molecular flexibility index (Phi) is 5.00. The molecule has 1 aromatic carbocycles. The molecule has 23 heavy (non-hydrogen) atoms. The highest BCUT2D eigenvalue weighted by atomic mass is 15.3. The van der Waals surface area contributed by atoms with Crippen molar-refractivity contribution in [2.75, 3.05) is 0 Å². The number of rotatable bonds is 4. The summed E-state index contributed by atoms with van der Waals surface area (Å²) in [6, 6.07) is 9.20. The molecule has 1 saturated carbocycles. The number of hydrogen-bond acceptors (Lipinski definition) is 2. The lowest BCUT2D eigenvalue weighted by molar-refractivity contribution is 0.381. The van der Waals surface area contributed by atoms with Crippen molar-refractivity contribution in [2.45, 2.75) is 64.8 Å². The number of allylic oxidation sites excluding steroid dienone is 4. The summed E-state index contributed by atoms with van der Waals surface area (Å²) in [5.41, 5.74) is 10.2. The maximum absolute atomic E-state index is 4.55. The van der Waals surface area contributed by atoms with Crippen LogP contribution in [-0.2, 0) is 0 Å². The van der Waals surface area contributed by atoms with E-state index in [1.807, 2.05) is 6.21 Å². The van der Waals surface area contributed by atoms with Gasteiger partial charge in [-0.2, -0.15) is 5.10 Å². The fourth-order valence-corrected chi connectivity index (χ4v) is 3.72. The van der Waals surface area contributed by atoms with Crippen molar-refractivity contribution in [1.82, 2.24) is 5.43 Å². The fraction of sp³-hybridized carbons (Fsp3) is 0.476. The van der Waals surface area contributed by atoms with E-state index in [-0.39, 0.29) is 0 Å². The Labute approximate surface area is 140 Å². The van der Waals surface area contributed by atoms with Crippen LogP contribution in [0.1, 0.15) is 69.9 Å². The summed E-state index contributed by atoms with van der Waals surface area (Å²) in [6.07, 6.45) is 10.9. The van der Waals surface area contributed by atoms with E-state index in [1.54, 1.807) is 0 Å². The molecule has 0 aliphatic heterocycles. The van der Waals surface area contributed by atoms with Crippen molar-refractivity contribution in [1.29, 1.82) is 0 Å². The number of hydrazone groups is 1. The Hall–Kier alpha value is -1.83. The van der Waals surface area contributed by atoms with Crippen molar-refractivity contribution in [3.8, 4) is 0 Å². The Bertz CT molecular complexity index is 646. The third kappa shape index (κ3) is 3.57. The average molecular weight is 308 g/mol. The molecule has 2 aliphatic rings. The van der Waals surface area contributed by atoms with Crippen LogP contribution in [0.5, 0.6) is 0 Å². The third-order valence-electron chi connectivity index (χ3n) is 5.46. The van der Waals surface area contributed by atoms with E-state index in [0.717, 1.165) is 0 Å². The zero-order chi connectivity index (χ0) is 16.2. The summed E-state index contributed by atoms with van der Waals surface area (Å²) < 4.78 is 0. The maximum Gasteiger partial charge on any atom is 0.0543 e. The molecule has 0 bridgehead atoms. The topological polar surface area (TPSA) is 24.4 Å². The third-order valence-corrected chi connectivity index (χ3v) is 5.46. The second-order valence-corrected chi connectivity index (χ2v) is 6.99. The number of nitrogens with one attached hydrogen (secondary N) is 1. The summed E-state index contributed by atoms with van der Waals surface area (Å²) in [7, 11) is 0. The second kappa shape index (κ2) is 7.16. The summed E-state index contributed by atoms with van der Waals surface area (Å²) >= 11 is 0. The molecule has 0 amide bonds. The average Bonchev–Trinajstić information content (AvgIpc) is 2.84. The summed E-state index contributed by atoms with van der Waals surface area (Å²) in [4.78, 5) is 0. The minimum absolute atomic E-state index is 0.396. The van der Waals surface area contributed by atoms with E-state index in [2.05, 4.69) is 61.6 Å². The molecule has 1 N–H and O–H groups in total. The van der Waals surface area contributed by atoms with E-state index in [4.69, 9.17) is 0 Å². The van der Waals surface area contributed by atoms with E-state index < -0.39 is 0 Å². The minimum Gasteiger partial charge on any atom is -0.307 e. The first-order chi connectivity index (χ1) is 11.2. The van der Waals surface area contributed by atoms with Crippen molar-refractivity contribution in [3.05, 3.63) is 58.2 Å². The van der Waals surface area contributed by atoms with Crippen LogP contribution in [0.4, 0.5) is 0 Å². The van der Waals surface area contributed by atoms with Gasteiger partial charge in [-0.15, -0.1) is 0 Å². The molecule has 2 heteroatoms. The standard InChI is InChI=1S/C21H28N2/c1-15-13-21(17(3)16(15)2)20-12-8-7-9-18(20)14-22-23-19-10-5-4-6-11-19/h7-9,12-14,19,21,23H,4-6,10-11H2,1-3H3. The van der Waals surface area contributed by atoms with Gasteiger partial charge in [0.25, 0.3) is 0 Å². The first-order valence-corrected chi connectivity index (χ1v) is 8.90. The predicted molar refractivity (Wildman–Crippen MR) is 98.9 cm³/mol. The molecule has 0 spiro atoms. The largest absolute Gasteiger partial charge is 0.307 e. The predicted octanol–water partition coefficient (Wildman–Crippen LogP) is 5.32. The lowest BCUT2D eigenvalue weighted by Crippen LogP contribution is -2.26. The second-order valence-electron chi connectivity index (χ2n) is 6.99. The Morgan fingerprint density at radius 1 is 1.04 bits per heavy atom. The van der Waals surface area contributed by atoms with Gasteiger partial charge in [-0.05, 0) is 50.3 Å². The van der Waals surface area contributed by atoms with Crippen molar-refractivity contribution in [2.24, 2.45) is 5.10 Å². The highest BCUT2D eigenvalue weighted by Crippen LogP contribution is 2.38. The summed E-state index contributed by atoms with van der Waals surface area (Å²) in [5, 5.41) is 4.55. The lowest BCUT2D eigenvalue weighted by atomic mass is 9.90. The highest BCUT2D eigenvalue weighted by Gasteiger charge is 2.21. The molecule has 2 nitrogen and oxygen atoms in total. The van der Waals surface area contributed by atoms with Crippen LogP contribution in [-0.4, -0.2) is 12.3 Å². The smallest absolute Gasteiger partial charge is 0.0543 e. The Morgan fingerprint density at radius 2 is 1.78 bits per heavy atom. The number of hydrogen-bond donors (Lipinski definition) is 1. The first kappa shape index (κ1) is 16.0. The van der Waals surface area contributed by atoms with Crippen LogP contribution in [0.25, 0.3) is 0 Å². The van der Waals surface area contributed by atoms with Gasteiger partial charge in [0.15, 0.2) is 0 Å². The van der Waals surface area contributed by atoms with Gasteiger partial charge in [0.2, 0.25) is 0 Å². The molecule has 0 saturated heterocycles. The molecular formula is C21H28N2. The van der Waals surface area contributed by atoms with Gasteiger partial charge in [-0.25, -0.2) is 0 Å². The van der Waals surface area contributed by atoms with Gasteiger partial charge in [-0.1, -0.05) is 60.8 Å². The molecule has 2 aliphatic carbocycles. The quantitative estimate of drug-likeness (QED) is 0.590.